The number of nitrogens with zero attached hydrogens (tertiary/aromatic N) is 2. The van der Waals surface area contributed by atoms with E-state index in [1.54, 1.807) is 32.0 Å². The predicted octanol–water partition coefficient (Wildman–Crippen LogP) is 3.43. The molecule has 1 aromatic carbocycles. The highest BCUT2D eigenvalue weighted by Crippen LogP contribution is 2.29. The number of hydrogen-bond acceptors (Lipinski definition) is 8. The Morgan fingerprint density at radius 2 is 2.03 bits per heavy atom. The second kappa shape index (κ2) is 10.1. The van der Waals surface area contributed by atoms with Crippen LogP contribution < -0.4 is 15.6 Å². The first-order valence-corrected chi connectivity index (χ1v) is 10.8. The molecular formula is C21H22ClN3O6S. The number of amides is 1. The fourth-order valence-corrected chi connectivity index (χ4v) is 4.30. The number of rotatable bonds is 8. The average molecular weight is 480 g/mol. The molecule has 1 N–H and O–H groups in total. The Kier molecular flexibility index (Phi) is 7.49. The average Bonchev–Trinajstić information content (AvgIpc) is 3.11. The second-order valence-corrected chi connectivity index (χ2v) is 8.24. The summed E-state index contributed by atoms with van der Waals surface area (Å²) in [6.07, 6.45) is 1.30. The number of ether oxygens (including phenoxy) is 3. The molecule has 1 unspecified atom stereocenters. The van der Waals surface area contributed by atoms with Gasteiger partial charge in [0.15, 0.2) is 0 Å². The summed E-state index contributed by atoms with van der Waals surface area (Å²) in [5.41, 5.74) is 0.506. The van der Waals surface area contributed by atoms with Crippen molar-refractivity contribution in [3.63, 3.8) is 0 Å². The number of hydrogen-bond donors (Lipinski definition) is 1. The highest BCUT2D eigenvalue weighted by molar-refractivity contribution is 7.20. The number of anilines is 1. The molecule has 3 rings (SSSR count). The van der Waals surface area contributed by atoms with E-state index in [1.807, 2.05) is 0 Å². The van der Waals surface area contributed by atoms with Crippen molar-refractivity contribution in [3.05, 3.63) is 50.3 Å². The smallest absolute Gasteiger partial charge is 0.348 e. The molecule has 0 aliphatic heterocycles. The summed E-state index contributed by atoms with van der Waals surface area (Å²) in [5, 5.41) is 3.35. The minimum Gasteiger partial charge on any atom is -0.495 e. The van der Waals surface area contributed by atoms with Gasteiger partial charge in [0.05, 0.1) is 30.5 Å². The molecule has 32 heavy (non-hydrogen) atoms. The number of nitrogens with one attached hydrogen (secondary N) is 1. The number of esters is 1. The number of halogens is 1. The minimum atomic E-state index is -0.864. The molecule has 0 fully saturated rings. The summed E-state index contributed by atoms with van der Waals surface area (Å²) in [7, 11) is 3.00. The van der Waals surface area contributed by atoms with E-state index in [4.69, 9.17) is 25.8 Å². The Balaban J connectivity index is 1.86. The lowest BCUT2D eigenvalue weighted by Gasteiger charge is -2.15. The third-order valence-corrected chi connectivity index (χ3v) is 6.27. The topological polar surface area (TPSA) is 109 Å². The van der Waals surface area contributed by atoms with E-state index in [0.717, 1.165) is 11.3 Å². The molecule has 1 atom stereocenters. The zero-order valence-corrected chi connectivity index (χ0v) is 19.5. The van der Waals surface area contributed by atoms with Crippen molar-refractivity contribution in [2.24, 2.45) is 0 Å². The normalized spacial score (nSPS) is 11.9. The van der Waals surface area contributed by atoms with Gasteiger partial charge in [-0.3, -0.25) is 14.2 Å². The van der Waals surface area contributed by atoms with Gasteiger partial charge in [-0.25, -0.2) is 9.78 Å². The predicted molar refractivity (Wildman–Crippen MR) is 122 cm³/mol. The zero-order chi connectivity index (χ0) is 23.4. The van der Waals surface area contributed by atoms with Crippen LogP contribution in [0.5, 0.6) is 5.75 Å². The van der Waals surface area contributed by atoms with Crippen molar-refractivity contribution in [1.82, 2.24) is 9.55 Å². The van der Waals surface area contributed by atoms with Gasteiger partial charge in [-0.05, 0) is 37.6 Å². The maximum Gasteiger partial charge on any atom is 0.348 e. The summed E-state index contributed by atoms with van der Waals surface area (Å²) in [6.45, 7) is 3.61. The minimum absolute atomic E-state index is 0.104. The van der Waals surface area contributed by atoms with E-state index in [2.05, 4.69) is 10.3 Å². The van der Waals surface area contributed by atoms with E-state index in [1.165, 1.54) is 25.1 Å². The van der Waals surface area contributed by atoms with Crippen molar-refractivity contribution >= 4 is 50.7 Å². The highest BCUT2D eigenvalue weighted by Gasteiger charge is 2.23. The van der Waals surface area contributed by atoms with Crippen LogP contribution in [0, 0.1) is 6.92 Å². The lowest BCUT2D eigenvalue weighted by molar-refractivity contribution is -0.118. The maximum atomic E-state index is 13.1. The summed E-state index contributed by atoms with van der Waals surface area (Å²) in [6, 6.07) is 3.96. The molecule has 2 heterocycles. The van der Waals surface area contributed by atoms with E-state index in [0.29, 0.717) is 31.7 Å². The van der Waals surface area contributed by atoms with Crippen molar-refractivity contribution < 1.29 is 23.8 Å². The van der Waals surface area contributed by atoms with E-state index in [9.17, 15) is 14.4 Å². The van der Waals surface area contributed by atoms with E-state index >= 15 is 0 Å². The van der Waals surface area contributed by atoms with Gasteiger partial charge in [0.1, 0.15) is 28.1 Å². The third-order valence-electron chi connectivity index (χ3n) is 4.80. The highest BCUT2D eigenvalue weighted by atomic mass is 35.5. The number of fused-ring (bicyclic) bond motifs is 1. The van der Waals surface area contributed by atoms with Crippen LogP contribution in [0.4, 0.5) is 5.69 Å². The molecule has 0 saturated carbocycles. The van der Waals surface area contributed by atoms with Crippen LogP contribution in [0.25, 0.3) is 10.2 Å². The molecule has 9 nitrogen and oxygen atoms in total. The number of carbonyl (C=O) groups is 2. The Morgan fingerprint density at radius 1 is 1.28 bits per heavy atom. The van der Waals surface area contributed by atoms with Crippen LogP contribution >= 0.6 is 22.9 Å². The quantitative estimate of drug-likeness (QED) is 0.389. The van der Waals surface area contributed by atoms with Crippen LogP contribution in [0.3, 0.4) is 0 Å². The van der Waals surface area contributed by atoms with Gasteiger partial charge in [0.25, 0.3) is 5.56 Å². The van der Waals surface area contributed by atoms with Gasteiger partial charge in [-0.2, -0.15) is 0 Å². The second-order valence-electron chi connectivity index (χ2n) is 6.84. The van der Waals surface area contributed by atoms with Crippen LogP contribution in [0.2, 0.25) is 5.02 Å². The molecular weight excluding hydrogens is 458 g/mol. The van der Waals surface area contributed by atoms with Crippen LogP contribution in [0.15, 0.2) is 29.3 Å². The molecule has 170 valence electrons. The number of benzene rings is 1. The molecule has 2 aromatic heterocycles. The van der Waals surface area contributed by atoms with E-state index < -0.39 is 23.5 Å². The van der Waals surface area contributed by atoms with Crippen LogP contribution in [0.1, 0.15) is 28.2 Å². The first-order valence-electron chi connectivity index (χ1n) is 9.59. The monoisotopic (exact) mass is 479 g/mol. The fourth-order valence-electron chi connectivity index (χ4n) is 3.01. The lowest BCUT2D eigenvalue weighted by Crippen LogP contribution is -2.31. The summed E-state index contributed by atoms with van der Waals surface area (Å²) in [4.78, 5) is 43.2. The zero-order valence-electron chi connectivity index (χ0n) is 17.9. The van der Waals surface area contributed by atoms with Gasteiger partial charge >= 0.3 is 5.97 Å². The van der Waals surface area contributed by atoms with Crippen molar-refractivity contribution in [1.29, 1.82) is 0 Å². The van der Waals surface area contributed by atoms with Gasteiger partial charge in [-0.1, -0.05) is 11.6 Å². The molecule has 3 aromatic rings. The van der Waals surface area contributed by atoms with Gasteiger partial charge < -0.3 is 19.5 Å². The summed E-state index contributed by atoms with van der Waals surface area (Å²) >= 11 is 7.17. The molecule has 0 bridgehead atoms. The number of carbonyl (C=O) groups excluding carboxylic acids is 2. The Hall–Kier alpha value is -2.95. The van der Waals surface area contributed by atoms with E-state index in [-0.39, 0.29) is 18.6 Å². The fraction of sp³-hybridized carbons (Fsp3) is 0.333. The third kappa shape index (κ3) is 4.77. The molecule has 0 radical (unpaired) electrons. The molecule has 11 heteroatoms. The largest absolute Gasteiger partial charge is 0.495 e. The van der Waals surface area contributed by atoms with Gasteiger partial charge in [0.2, 0.25) is 5.91 Å². The number of aryl methyl sites for hydroxylation is 1. The van der Waals surface area contributed by atoms with Crippen LogP contribution in [-0.2, 0) is 14.3 Å². The SMILES string of the molecule is COCCOC(=O)c1sc2ncn(C(C)C(=O)Nc3ccc(OC)c(Cl)c3)c(=O)c2c1C. The van der Waals surface area contributed by atoms with Crippen molar-refractivity contribution in [2.75, 3.05) is 32.8 Å². The Bertz CT molecular complexity index is 1220. The summed E-state index contributed by atoms with van der Waals surface area (Å²) < 4.78 is 16.3. The van der Waals surface area contributed by atoms with Crippen molar-refractivity contribution in [3.8, 4) is 5.75 Å². The van der Waals surface area contributed by atoms with Crippen molar-refractivity contribution in [2.45, 2.75) is 19.9 Å². The molecule has 0 spiro atoms. The standard InChI is InChI=1S/C21H22ClN3O6S/c1-11-16-19(32-17(11)21(28)31-8-7-29-3)23-10-25(20(16)27)12(2)18(26)24-13-5-6-15(30-4)14(22)9-13/h5-6,9-10,12H,7-8H2,1-4H3,(H,24,26). The van der Waals surface area contributed by atoms with Crippen LogP contribution in [-0.4, -0.2) is 48.9 Å². The maximum absolute atomic E-state index is 13.1. The van der Waals surface area contributed by atoms with Gasteiger partial charge in [-0.15, -0.1) is 11.3 Å². The molecule has 1 amide bonds. The lowest BCUT2D eigenvalue weighted by atomic mass is 10.2. The molecule has 0 aliphatic carbocycles. The number of aromatic nitrogens is 2. The number of methoxy groups -OCH3 is 2. The number of thiophene rings is 1. The van der Waals surface area contributed by atoms with Gasteiger partial charge in [0, 0.05) is 12.8 Å². The Labute approximate surface area is 192 Å². The Morgan fingerprint density at radius 3 is 2.69 bits per heavy atom. The molecule has 0 aliphatic rings. The molecule has 0 saturated heterocycles. The summed E-state index contributed by atoms with van der Waals surface area (Å²) in [5.74, 6) is -0.495. The first kappa shape index (κ1) is 23.7. The first-order chi connectivity index (χ1) is 15.3.